The third-order valence-electron chi connectivity index (χ3n) is 2.45. The highest BCUT2D eigenvalue weighted by Gasteiger charge is 2.23. The monoisotopic (exact) mass is 209 g/mol. The van der Waals surface area contributed by atoms with E-state index >= 15 is 0 Å². The van der Waals surface area contributed by atoms with Crippen molar-refractivity contribution in [3.05, 3.63) is 17.6 Å². The van der Waals surface area contributed by atoms with Crippen LogP contribution in [-0.2, 0) is 16.8 Å². The van der Waals surface area contributed by atoms with Gasteiger partial charge in [0.15, 0.2) is 5.82 Å². The molecular formula is C11H19N3O. The van der Waals surface area contributed by atoms with Crippen molar-refractivity contribution < 1.29 is 4.74 Å². The third-order valence-corrected chi connectivity index (χ3v) is 2.45. The van der Waals surface area contributed by atoms with Crippen LogP contribution >= 0.6 is 0 Å². The Morgan fingerprint density at radius 1 is 1.40 bits per heavy atom. The van der Waals surface area contributed by atoms with E-state index in [0.29, 0.717) is 5.82 Å². The third kappa shape index (κ3) is 2.65. The van der Waals surface area contributed by atoms with E-state index in [9.17, 15) is 0 Å². The molecule has 4 heteroatoms. The molecule has 1 heterocycles. The second-order valence-corrected chi connectivity index (χ2v) is 3.89. The summed E-state index contributed by atoms with van der Waals surface area (Å²) >= 11 is 0. The second-order valence-electron chi connectivity index (χ2n) is 3.89. The molecule has 0 aliphatic carbocycles. The number of methoxy groups -OCH3 is 1. The first-order chi connectivity index (χ1) is 7.03. The molecule has 1 N–H and O–H groups in total. The Kier molecular flexibility index (Phi) is 3.63. The number of aryl methyl sites for hydroxylation is 1. The molecule has 1 aromatic heterocycles. The van der Waals surface area contributed by atoms with E-state index in [0.717, 1.165) is 17.9 Å². The highest BCUT2D eigenvalue weighted by Crippen LogP contribution is 2.21. The molecule has 0 bridgehead atoms. The summed E-state index contributed by atoms with van der Waals surface area (Å²) in [4.78, 5) is 8.86. The Hall–Kier alpha value is -1.16. The molecule has 0 aliphatic heterocycles. The van der Waals surface area contributed by atoms with Crippen LogP contribution in [0, 0.1) is 0 Å². The van der Waals surface area contributed by atoms with Gasteiger partial charge in [0, 0.05) is 25.9 Å². The summed E-state index contributed by atoms with van der Waals surface area (Å²) in [5.74, 6) is 1.55. The lowest BCUT2D eigenvalue weighted by atomic mass is 10.1. The van der Waals surface area contributed by atoms with E-state index in [-0.39, 0.29) is 0 Å². The van der Waals surface area contributed by atoms with E-state index in [2.05, 4.69) is 22.2 Å². The first-order valence-electron chi connectivity index (χ1n) is 5.14. The number of rotatable bonds is 4. The molecule has 4 nitrogen and oxygen atoms in total. The summed E-state index contributed by atoms with van der Waals surface area (Å²) in [5.41, 5.74) is 0.575. The van der Waals surface area contributed by atoms with Crippen molar-refractivity contribution in [3.8, 4) is 0 Å². The van der Waals surface area contributed by atoms with Crippen LogP contribution in [-0.4, -0.2) is 24.1 Å². The highest BCUT2D eigenvalue weighted by atomic mass is 16.5. The Bertz CT molecular complexity index is 314. The second kappa shape index (κ2) is 4.57. The van der Waals surface area contributed by atoms with Crippen LogP contribution in [0.5, 0.6) is 0 Å². The van der Waals surface area contributed by atoms with Gasteiger partial charge in [-0.05, 0) is 20.3 Å². The Labute approximate surface area is 91.1 Å². The van der Waals surface area contributed by atoms with Crippen molar-refractivity contribution >= 4 is 5.82 Å². The van der Waals surface area contributed by atoms with Gasteiger partial charge in [-0.25, -0.2) is 9.97 Å². The van der Waals surface area contributed by atoms with Crippen LogP contribution in [0.4, 0.5) is 5.82 Å². The molecule has 0 fully saturated rings. The first kappa shape index (κ1) is 11.9. The summed E-state index contributed by atoms with van der Waals surface area (Å²) in [5, 5.41) is 3.03. The predicted molar refractivity (Wildman–Crippen MR) is 61.0 cm³/mol. The number of aromatic nitrogens is 2. The Morgan fingerprint density at radius 2 is 2.07 bits per heavy atom. The topological polar surface area (TPSA) is 47.0 Å². The van der Waals surface area contributed by atoms with Crippen LogP contribution in [0.15, 0.2) is 6.07 Å². The van der Waals surface area contributed by atoms with Gasteiger partial charge in [0.1, 0.15) is 11.4 Å². The number of nitrogens with one attached hydrogen (secondary N) is 1. The van der Waals surface area contributed by atoms with Gasteiger partial charge >= 0.3 is 0 Å². The van der Waals surface area contributed by atoms with Gasteiger partial charge in [0.25, 0.3) is 0 Å². The van der Waals surface area contributed by atoms with Gasteiger partial charge in [-0.2, -0.15) is 0 Å². The van der Waals surface area contributed by atoms with Crippen LogP contribution in [0.2, 0.25) is 0 Å². The fourth-order valence-corrected chi connectivity index (χ4v) is 1.17. The van der Waals surface area contributed by atoms with Gasteiger partial charge in [-0.1, -0.05) is 6.92 Å². The molecule has 1 aromatic rings. The van der Waals surface area contributed by atoms with Crippen molar-refractivity contribution in [2.45, 2.75) is 32.8 Å². The minimum Gasteiger partial charge on any atom is -0.373 e. The molecule has 0 aliphatic rings. The van der Waals surface area contributed by atoms with Crippen molar-refractivity contribution in [3.63, 3.8) is 0 Å². The zero-order valence-corrected chi connectivity index (χ0v) is 10.1. The lowest BCUT2D eigenvalue weighted by Gasteiger charge is -2.22. The standard InChI is InChI=1S/C11H19N3O/c1-6-8-7-9(12-4)14-10(13-8)11(2,3)15-5/h7H,6H2,1-5H3,(H,12,13,14). The summed E-state index contributed by atoms with van der Waals surface area (Å²) in [6, 6.07) is 1.95. The van der Waals surface area contributed by atoms with Gasteiger partial charge in [-0.3, -0.25) is 0 Å². The molecule has 0 radical (unpaired) electrons. The smallest absolute Gasteiger partial charge is 0.162 e. The van der Waals surface area contributed by atoms with Gasteiger partial charge in [0.05, 0.1) is 0 Å². The largest absolute Gasteiger partial charge is 0.373 e. The number of hydrogen-bond donors (Lipinski definition) is 1. The summed E-state index contributed by atoms with van der Waals surface area (Å²) in [7, 11) is 3.52. The molecule has 0 saturated heterocycles. The van der Waals surface area contributed by atoms with Gasteiger partial charge in [-0.15, -0.1) is 0 Å². The Morgan fingerprint density at radius 3 is 2.53 bits per heavy atom. The fraction of sp³-hybridized carbons (Fsp3) is 0.636. The van der Waals surface area contributed by atoms with Crippen molar-refractivity contribution in [1.82, 2.24) is 9.97 Å². The average molecular weight is 209 g/mol. The quantitative estimate of drug-likeness (QED) is 0.823. The molecule has 0 amide bonds. The molecule has 0 aromatic carbocycles. The lowest BCUT2D eigenvalue weighted by molar-refractivity contribution is 0.0114. The highest BCUT2D eigenvalue weighted by molar-refractivity contribution is 5.35. The molecule has 84 valence electrons. The van der Waals surface area contributed by atoms with E-state index in [1.54, 1.807) is 7.11 Å². The van der Waals surface area contributed by atoms with Crippen LogP contribution in [0.1, 0.15) is 32.3 Å². The maximum atomic E-state index is 5.37. The minimum absolute atomic E-state index is 0.448. The van der Waals surface area contributed by atoms with E-state index in [1.165, 1.54) is 0 Å². The molecule has 0 spiro atoms. The Balaban J connectivity index is 3.18. The van der Waals surface area contributed by atoms with Crippen molar-refractivity contribution in [2.75, 3.05) is 19.5 Å². The molecule has 15 heavy (non-hydrogen) atoms. The maximum absolute atomic E-state index is 5.37. The van der Waals surface area contributed by atoms with Crippen molar-refractivity contribution in [2.24, 2.45) is 0 Å². The van der Waals surface area contributed by atoms with Crippen LogP contribution in [0.25, 0.3) is 0 Å². The predicted octanol–water partition coefficient (Wildman–Crippen LogP) is 1.96. The first-order valence-corrected chi connectivity index (χ1v) is 5.14. The fourth-order valence-electron chi connectivity index (χ4n) is 1.17. The normalized spacial score (nSPS) is 11.5. The zero-order valence-electron chi connectivity index (χ0n) is 10.1. The van der Waals surface area contributed by atoms with Crippen LogP contribution < -0.4 is 5.32 Å². The number of hydrogen-bond acceptors (Lipinski definition) is 4. The van der Waals surface area contributed by atoms with E-state index < -0.39 is 5.60 Å². The number of nitrogens with zero attached hydrogens (tertiary/aromatic N) is 2. The van der Waals surface area contributed by atoms with E-state index in [4.69, 9.17) is 4.74 Å². The molecule has 0 saturated carbocycles. The lowest BCUT2D eigenvalue weighted by Crippen LogP contribution is -2.24. The van der Waals surface area contributed by atoms with Crippen LogP contribution in [0.3, 0.4) is 0 Å². The molecule has 1 rings (SSSR count). The van der Waals surface area contributed by atoms with Crippen molar-refractivity contribution in [1.29, 1.82) is 0 Å². The van der Waals surface area contributed by atoms with E-state index in [1.807, 2.05) is 27.0 Å². The minimum atomic E-state index is -0.448. The SMILES string of the molecule is CCc1cc(NC)nc(C(C)(C)OC)n1. The summed E-state index contributed by atoms with van der Waals surface area (Å²) in [6.45, 7) is 5.99. The zero-order chi connectivity index (χ0) is 11.5. The number of ether oxygens (including phenoxy) is 1. The summed E-state index contributed by atoms with van der Waals surface area (Å²) < 4.78 is 5.37. The maximum Gasteiger partial charge on any atom is 0.162 e. The number of anilines is 1. The van der Waals surface area contributed by atoms with Gasteiger partial charge in [0.2, 0.25) is 0 Å². The average Bonchev–Trinajstić information content (AvgIpc) is 2.28. The molecule has 0 unspecified atom stereocenters. The molecule has 0 atom stereocenters. The molecular weight excluding hydrogens is 190 g/mol. The van der Waals surface area contributed by atoms with Gasteiger partial charge < -0.3 is 10.1 Å². The summed E-state index contributed by atoms with van der Waals surface area (Å²) in [6.07, 6.45) is 0.893.